The molecule has 50 heavy (non-hydrogen) atoms. The van der Waals surface area contributed by atoms with Crippen LogP contribution in [0.5, 0.6) is 23.0 Å². The zero-order valence-corrected chi connectivity index (χ0v) is 29.1. The number of phenolic OH excluding ortho intramolecular Hbond substituents is 1. The van der Waals surface area contributed by atoms with E-state index in [1.165, 1.54) is 70.4 Å². The van der Waals surface area contributed by atoms with Crippen LogP contribution in [0, 0.1) is 6.92 Å². The lowest BCUT2D eigenvalue weighted by Crippen LogP contribution is -2.61. The van der Waals surface area contributed by atoms with E-state index in [0.29, 0.717) is 18.4 Å². The summed E-state index contributed by atoms with van der Waals surface area (Å²) in [6.07, 6.45) is 6.41. The van der Waals surface area contributed by atoms with Crippen molar-refractivity contribution in [1.82, 2.24) is 0 Å². The third kappa shape index (κ3) is 11.3. The summed E-state index contributed by atoms with van der Waals surface area (Å²) in [5.74, 6) is -4.67. The van der Waals surface area contributed by atoms with E-state index in [2.05, 4.69) is 11.7 Å². The molecular weight excluding hydrogens is 652 g/mol. The molecule has 0 radical (unpaired) electrons. The van der Waals surface area contributed by atoms with Gasteiger partial charge in [0.25, 0.3) is 0 Å². The van der Waals surface area contributed by atoms with E-state index in [0.717, 1.165) is 44.9 Å². The van der Waals surface area contributed by atoms with Gasteiger partial charge in [0.15, 0.2) is 6.10 Å². The predicted molar refractivity (Wildman–Crippen MR) is 182 cm³/mol. The van der Waals surface area contributed by atoms with Crippen LogP contribution in [0.1, 0.15) is 122 Å². The summed E-state index contributed by atoms with van der Waals surface area (Å²) >= 11 is 0. The second-order valence-electron chi connectivity index (χ2n) is 12.8. The van der Waals surface area contributed by atoms with Crippen molar-refractivity contribution in [2.45, 2.75) is 134 Å². The maximum absolute atomic E-state index is 13.4. The first-order chi connectivity index (χ1) is 23.9. The molecule has 1 aliphatic heterocycles. The first-order valence-corrected chi connectivity index (χ1v) is 17.5. The molecule has 1 heterocycles. The van der Waals surface area contributed by atoms with Crippen molar-refractivity contribution in [2.24, 2.45) is 0 Å². The molecule has 0 aromatic heterocycles. The first-order valence-electron chi connectivity index (χ1n) is 17.5. The molecule has 5 atom stereocenters. The van der Waals surface area contributed by atoms with E-state index in [9.17, 15) is 45.0 Å². The third-order valence-corrected chi connectivity index (χ3v) is 8.89. The minimum absolute atomic E-state index is 0.0701. The van der Waals surface area contributed by atoms with Crippen molar-refractivity contribution >= 4 is 17.9 Å². The number of carboxylic acid groups (broad SMARTS) is 1. The van der Waals surface area contributed by atoms with Crippen LogP contribution in [0.25, 0.3) is 0 Å². The fraction of sp³-hybridized carbons (Fsp3) is 0.595. The van der Waals surface area contributed by atoms with E-state index >= 15 is 0 Å². The molecular formula is C37H52O13. The highest BCUT2D eigenvalue weighted by atomic mass is 16.7. The number of carbonyl (C=O) groups is 3. The molecule has 0 bridgehead atoms. The quantitative estimate of drug-likeness (QED) is 0.0587. The average molecular weight is 705 g/mol. The summed E-state index contributed by atoms with van der Waals surface area (Å²) in [5, 5.41) is 61.6. The van der Waals surface area contributed by atoms with Gasteiger partial charge in [0.05, 0.1) is 7.11 Å². The number of ether oxygens (including phenoxy) is 4. The second-order valence-corrected chi connectivity index (χ2v) is 12.8. The molecule has 0 aliphatic carbocycles. The Morgan fingerprint density at radius 1 is 0.720 bits per heavy atom. The fourth-order valence-corrected chi connectivity index (χ4v) is 6.11. The molecule has 1 saturated heterocycles. The number of carbonyl (C=O) groups excluding carboxylic acids is 2. The number of aliphatic hydroxyl groups is 3. The lowest BCUT2D eigenvalue weighted by atomic mass is 9.98. The Kier molecular flexibility index (Phi) is 16.3. The molecule has 13 nitrogen and oxygen atoms in total. The Bertz CT molecular complexity index is 1400. The number of hydrogen-bond donors (Lipinski definition) is 6. The molecule has 0 saturated carbocycles. The van der Waals surface area contributed by atoms with Gasteiger partial charge in [-0.1, -0.05) is 84.0 Å². The van der Waals surface area contributed by atoms with E-state index in [-0.39, 0.29) is 28.2 Å². The molecule has 2 aromatic carbocycles. The van der Waals surface area contributed by atoms with Crippen LogP contribution in [-0.4, -0.2) is 86.4 Å². The van der Waals surface area contributed by atoms with E-state index in [4.69, 9.17) is 14.2 Å². The van der Waals surface area contributed by atoms with Crippen molar-refractivity contribution < 1.29 is 64.0 Å². The number of aryl methyl sites for hydroxylation is 2. The highest BCUT2D eigenvalue weighted by Crippen LogP contribution is 2.34. The number of rotatable bonds is 20. The Labute approximate surface area is 292 Å². The minimum Gasteiger partial charge on any atom is -0.507 e. The van der Waals surface area contributed by atoms with E-state index < -0.39 is 60.1 Å². The molecule has 0 spiro atoms. The molecule has 0 amide bonds. The lowest BCUT2D eigenvalue weighted by Gasteiger charge is -2.38. The van der Waals surface area contributed by atoms with Crippen molar-refractivity contribution in [3.8, 4) is 23.0 Å². The van der Waals surface area contributed by atoms with Crippen LogP contribution >= 0.6 is 0 Å². The van der Waals surface area contributed by atoms with Crippen LogP contribution in [0.15, 0.2) is 24.3 Å². The number of unbranched alkanes of at least 4 members (excludes halogenated alkanes) is 12. The summed E-state index contributed by atoms with van der Waals surface area (Å²) in [6.45, 7) is 3.65. The number of aromatic hydroxyl groups is 2. The zero-order valence-electron chi connectivity index (χ0n) is 29.1. The molecule has 1 aliphatic rings. The number of aliphatic hydroxyl groups excluding tert-OH is 3. The Balaban J connectivity index is 1.73. The topological polar surface area (TPSA) is 210 Å². The summed E-state index contributed by atoms with van der Waals surface area (Å²) in [7, 11) is 1.06. The highest BCUT2D eigenvalue weighted by Gasteiger charge is 2.48. The number of benzene rings is 2. The zero-order chi connectivity index (χ0) is 36.8. The van der Waals surface area contributed by atoms with Gasteiger partial charge in [-0.05, 0) is 43.0 Å². The van der Waals surface area contributed by atoms with Crippen LogP contribution in [0.2, 0.25) is 0 Å². The van der Waals surface area contributed by atoms with E-state index in [1.807, 2.05) is 0 Å². The van der Waals surface area contributed by atoms with Crippen LogP contribution in [-0.2, 0) is 20.7 Å². The summed E-state index contributed by atoms with van der Waals surface area (Å²) in [5.41, 5.74) is -0.0455. The SMILES string of the molecule is CCCCCCCCCCCCCCCc1cc(O[C@@H]2O[C@@H](C(=O)OC)[C@@H](O)[C@H](O)[C@H]2O)cc(O)c1C(=O)Oc1cc(C)c(C(=O)O)c(O)c1. The monoisotopic (exact) mass is 704 g/mol. The molecule has 6 N–H and O–H groups in total. The lowest BCUT2D eigenvalue weighted by molar-refractivity contribution is -0.271. The second kappa shape index (κ2) is 20.1. The molecule has 0 unspecified atom stereocenters. The van der Waals surface area contributed by atoms with Crippen molar-refractivity contribution in [3.63, 3.8) is 0 Å². The smallest absolute Gasteiger partial charge is 0.347 e. The molecule has 278 valence electrons. The average Bonchev–Trinajstić information content (AvgIpc) is 3.06. The van der Waals surface area contributed by atoms with Gasteiger partial charge in [0.2, 0.25) is 6.29 Å². The van der Waals surface area contributed by atoms with Crippen molar-refractivity contribution in [1.29, 1.82) is 0 Å². The largest absolute Gasteiger partial charge is 0.507 e. The Hall–Kier alpha value is -3.91. The fourth-order valence-electron chi connectivity index (χ4n) is 6.11. The molecule has 3 rings (SSSR count). The summed E-state index contributed by atoms with van der Waals surface area (Å²) in [4.78, 5) is 37.0. The standard InChI is InChI=1S/C37H52O13/c1-4-5-6-7-8-9-10-11-12-13-14-15-16-17-23-19-25(49-37-32(42)30(40)31(41)33(50-37)36(46)47-3)21-27(39)29(23)35(45)48-24-18-22(2)28(34(43)44)26(38)20-24/h18-21,30-33,37-42H,4-17H2,1-3H3,(H,43,44)/t30-,31-,32+,33+,37+/m0/s1. The summed E-state index contributed by atoms with van der Waals surface area (Å²) < 4.78 is 21.2. The minimum atomic E-state index is -1.82. The van der Waals surface area contributed by atoms with Crippen LogP contribution in [0.3, 0.4) is 0 Å². The molecule has 2 aromatic rings. The predicted octanol–water partition coefficient (Wildman–Crippen LogP) is 5.32. The Morgan fingerprint density at radius 3 is 1.80 bits per heavy atom. The highest BCUT2D eigenvalue weighted by molar-refractivity contribution is 5.96. The maximum Gasteiger partial charge on any atom is 0.347 e. The number of aromatic carboxylic acids is 1. The number of esters is 2. The van der Waals surface area contributed by atoms with E-state index in [1.54, 1.807) is 0 Å². The van der Waals surface area contributed by atoms with Gasteiger partial charge in [-0.3, -0.25) is 0 Å². The van der Waals surface area contributed by atoms with Gasteiger partial charge in [-0.2, -0.15) is 0 Å². The van der Waals surface area contributed by atoms with Crippen molar-refractivity contribution in [3.05, 3.63) is 46.5 Å². The molecule has 13 heteroatoms. The number of phenols is 2. The van der Waals surface area contributed by atoms with Gasteiger partial charge in [0, 0.05) is 12.1 Å². The van der Waals surface area contributed by atoms with Gasteiger partial charge in [-0.25, -0.2) is 14.4 Å². The van der Waals surface area contributed by atoms with Crippen LogP contribution < -0.4 is 9.47 Å². The maximum atomic E-state index is 13.4. The number of hydrogen-bond acceptors (Lipinski definition) is 12. The third-order valence-electron chi connectivity index (χ3n) is 8.89. The van der Waals surface area contributed by atoms with Crippen molar-refractivity contribution in [2.75, 3.05) is 7.11 Å². The number of carboxylic acids is 1. The van der Waals surface area contributed by atoms with Gasteiger partial charge in [0.1, 0.15) is 52.4 Å². The number of methoxy groups -OCH3 is 1. The van der Waals surface area contributed by atoms with Gasteiger partial charge in [-0.15, -0.1) is 0 Å². The first kappa shape index (κ1) is 40.5. The van der Waals surface area contributed by atoms with Gasteiger partial charge < -0.3 is 49.6 Å². The molecule has 1 fully saturated rings. The normalized spacial score (nSPS) is 20.3. The Morgan fingerprint density at radius 2 is 1.26 bits per heavy atom. The van der Waals surface area contributed by atoms with Crippen LogP contribution in [0.4, 0.5) is 0 Å². The summed E-state index contributed by atoms with van der Waals surface area (Å²) in [6, 6.07) is 4.78. The van der Waals surface area contributed by atoms with Gasteiger partial charge >= 0.3 is 17.9 Å².